The molecule has 1 aliphatic heterocycles. The molecule has 0 N–H and O–H groups in total. The Labute approximate surface area is 53.6 Å². The molecule has 1 amide bonds. The van der Waals surface area contributed by atoms with Crippen LogP contribution in [0.15, 0.2) is 0 Å². The van der Waals surface area contributed by atoms with Crippen LogP contribution in [0.1, 0.15) is 0 Å². The van der Waals surface area contributed by atoms with Crippen molar-refractivity contribution < 1.29 is 9.53 Å². The van der Waals surface area contributed by atoms with Gasteiger partial charge >= 0.3 is 0 Å². The fourth-order valence-corrected chi connectivity index (χ4v) is 0.650. The van der Waals surface area contributed by atoms with Crippen LogP contribution in [0, 0.1) is 12.3 Å². The van der Waals surface area contributed by atoms with Crippen LogP contribution >= 0.6 is 0 Å². The molecule has 0 aromatic rings. The number of terminal acetylenes is 1. The SMILES string of the molecule is C#CCN1COCC1=O. The van der Waals surface area contributed by atoms with Gasteiger partial charge in [0.1, 0.15) is 13.3 Å². The highest BCUT2D eigenvalue weighted by molar-refractivity contribution is 5.78. The molecule has 0 bridgehead atoms. The van der Waals surface area contributed by atoms with Gasteiger partial charge in [-0.15, -0.1) is 6.42 Å². The lowest BCUT2D eigenvalue weighted by atomic mass is 10.5. The molecule has 48 valence electrons. The minimum absolute atomic E-state index is 0.0204. The number of hydrogen-bond acceptors (Lipinski definition) is 2. The molecule has 0 unspecified atom stereocenters. The van der Waals surface area contributed by atoms with Crippen LogP contribution in [-0.4, -0.2) is 30.7 Å². The number of carbonyl (C=O) groups excluding carboxylic acids is 1. The van der Waals surface area contributed by atoms with Crippen LogP contribution in [0.2, 0.25) is 0 Å². The van der Waals surface area contributed by atoms with Gasteiger partial charge in [0, 0.05) is 0 Å². The highest BCUT2D eigenvalue weighted by atomic mass is 16.5. The highest BCUT2D eigenvalue weighted by Crippen LogP contribution is 1.98. The number of carbonyl (C=O) groups is 1. The normalized spacial score (nSPS) is 18.1. The summed E-state index contributed by atoms with van der Waals surface area (Å²) >= 11 is 0. The standard InChI is InChI=1S/C6H7NO2/c1-2-3-7-5-9-4-6(7)8/h1H,3-5H2. The first-order valence-corrected chi connectivity index (χ1v) is 2.63. The van der Waals surface area contributed by atoms with Gasteiger partial charge in [0.25, 0.3) is 5.91 Å². The van der Waals surface area contributed by atoms with Gasteiger partial charge in [-0.05, 0) is 0 Å². The van der Waals surface area contributed by atoms with E-state index in [1.165, 1.54) is 4.90 Å². The van der Waals surface area contributed by atoms with Crippen molar-refractivity contribution in [3.05, 3.63) is 0 Å². The number of ether oxygens (including phenoxy) is 1. The lowest BCUT2D eigenvalue weighted by Gasteiger charge is -2.06. The quantitative estimate of drug-likeness (QED) is 0.439. The molecule has 9 heavy (non-hydrogen) atoms. The van der Waals surface area contributed by atoms with Crippen molar-refractivity contribution in [2.45, 2.75) is 0 Å². The van der Waals surface area contributed by atoms with Crippen molar-refractivity contribution >= 4 is 5.91 Å². The number of amides is 1. The zero-order chi connectivity index (χ0) is 6.69. The summed E-state index contributed by atoms with van der Waals surface area (Å²) in [6, 6.07) is 0. The first-order valence-electron chi connectivity index (χ1n) is 2.63. The Kier molecular flexibility index (Phi) is 1.71. The summed E-state index contributed by atoms with van der Waals surface area (Å²) in [6.07, 6.45) is 4.97. The van der Waals surface area contributed by atoms with Crippen molar-refractivity contribution in [3.63, 3.8) is 0 Å². The molecule has 1 rings (SSSR count). The lowest BCUT2D eigenvalue weighted by Crippen LogP contribution is -2.25. The smallest absolute Gasteiger partial charge is 0.251 e. The topological polar surface area (TPSA) is 29.5 Å². The van der Waals surface area contributed by atoms with Gasteiger partial charge in [-0.2, -0.15) is 0 Å². The van der Waals surface area contributed by atoms with E-state index in [1.54, 1.807) is 0 Å². The molecule has 0 saturated carbocycles. The molecule has 1 aliphatic rings. The summed E-state index contributed by atoms with van der Waals surface area (Å²) in [5.74, 6) is 2.34. The molecule has 0 aliphatic carbocycles. The minimum atomic E-state index is -0.0204. The van der Waals surface area contributed by atoms with E-state index >= 15 is 0 Å². The van der Waals surface area contributed by atoms with E-state index in [4.69, 9.17) is 11.2 Å². The van der Waals surface area contributed by atoms with Gasteiger partial charge in [-0.1, -0.05) is 5.92 Å². The monoisotopic (exact) mass is 125 g/mol. The van der Waals surface area contributed by atoms with Crippen molar-refractivity contribution in [1.29, 1.82) is 0 Å². The van der Waals surface area contributed by atoms with Gasteiger partial charge in [0.15, 0.2) is 0 Å². The van der Waals surface area contributed by atoms with Crippen molar-refractivity contribution in [1.82, 2.24) is 4.90 Å². The number of hydrogen-bond donors (Lipinski definition) is 0. The van der Waals surface area contributed by atoms with Gasteiger partial charge in [0.2, 0.25) is 0 Å². The second-order valence-electron chi connectivity index (χ2n) is 1.77. The average molecular weight is 125 g/mol. The Morgan fingerprint density at radius 1 is 1.89 bits per heavy atom. The van der Waals surface area contributed by atoms with Crippen LogP contribution in [0.5, 0.6) is 0 Å². The molecule has 1 saturated heterocycles. The van der Waals surface area contributed by atoms with Crippen LogP contribution in [0.3, 0.4) is 0 Å². The Morgan fingerprint density at radius 3 is 3.11 bits per heavy atom. The minimum Gasteiger partial charge on any atom is -0.351 e. The second-order valence-corrected chi connectivity index (χ2v) is 1.77. The van der Waals surface area contributed by atoms with Crippen molar-refractivity contribution in [2.75, 3.05) is 19.9 Å². The molecular weight excluding hydrogens is 118 g/mol. The molecule has 0 aromatic carbocycles. The van der Waals surface area contributed by atoms with Crippen LogP contribution in [-0.2, 0) is 9.53 Å². The molecular formula is C6H7NO2. The molecule has 0 aromatic heterocycles. The lowest BCUT2D eigenvalue weighted by molar-refractivity contribution is -0.126. The van der Waals surface area contributed by atoms with E-state index in [0.717, 1.165) is 0 Å². The summed E-state index contributed by atoms with van der Waals surface area (Å²) in [5, 5.41) is 0. The van der Waals surface area contributed by atoms with Crippen LogP contribution < -0.4 is 0 Å². The molecule has 0 spiro atoms. The summed E-state index contributed by atoms with van der Waals surface area (Å²) in [5.41, 5.74) is 0. The van der Waals surface area contributed by atoms with E-state index in [-0.39, 0.29) is 12.5 Å². The van der Waals surface area contributed by atoms with E-state index in [9.17, 15) is 4.79 Å². The van der Waals surface area contributed by atoms with E-state index in [1.807, 2.05) is 0 Å². The highest BCUT2D eigenvalue weighted by Gasteiger charge is 2.18. The predicted octanol–water partition coefficient (Wildman–Crippen LogP) is -0.564. The average Bonchev–Trinajstić information content (AvgIpc) is 2.18. The third-order valence-electron chi connectivity index (χ3n) is 1.11. The van der Waals surface area contributed by atoms with Gasteiger partial charge in [-0.25, -0.2) is 0 Å². The summed E-state index contributed by atoms with van der Waals surface area (Å²) in [4.78, 5) is 12.2. The molecule has 1 heterocycles. The van der Waals surface area contributed by atoms with Gasteiger partial charge in [0.05, 0.1) is 6.54 Å². The largest absolute Gasteiger partial charge is 0.351 e. The summed E-state index contributed by atoms with van der Waals surface area (Å²) in [7, 11) is 0. The molecule has 3 nitrogen and oxygen atoms in total. The van der Waals surface area contributed by atoms with Crippen molar-refractivity contribution in [3.8, 4) is 12.3 Å². The van der Waals surface area contributed by atoms with E-state index in [0.29, 0.717) is 13.3 Å². The maximum Gasteiger partial charge on any atom is 0.251 e. The third kappa shape index (κ3) is 1.21. The fourth-order valence-electron chi connectivity index (χ4n) is 0.650. The van der Waals surface area contributed by atoms with Gasteiger partial charge in [-0.3, -0.25) is 4.79 Å². The van der Waals surface area contributed by atoms with E-state index in [2.05, 4.69) is 5.92 Å². The Hall–Kier alpha value is -1.01. The first-order chi connectivity index (χ1) is 4.34. The summed E-state index contributed by atoms with van der Waals surface area (Å²) in [6.45, 7) is 0.892. The number of rotatable bonds is 1. The maximum atomic E-state index is 10.7. The molecule has 0 atom stereocenters. The molecule has 3 heteroatoms. The fraction of sp³-hybridized carbons (Fsp3) is 0.500. The predicted molar refractivity (Wildman–Crippen MR) is 31.4 cm³/mol. The maximum absolute atomic E-state index is 10.7. The molecule has 0 radical (unpaired) electrons. The van der Waals surface area contributed by atoms with Crippen LogP contribution in [0.25, 0.3) is 0 Å². The van der Waals surface area contributed by atoms with E-state index < -0.39 is 0 Å². The Balaban J connectivity index is 2.42. The van der Waals surface area contributed by atoms with Gasteiger partial charge < -0.3 is 9.64 Å². The number of nitrogens with zero attached hydrogens (tertiary/aromatic N) is 1. The molecule has 1 fully saturated rings. The Bertz CT molecular complexity index is 159. The second kappa shape index (κ2) is 2.51. The van der Waals surface area contributed by atoms with Crippen LogP contribution in [0.4, 0.5) is 0 Å². The first kappa shape index (κ1) is 6.12. The van der Waals surface area contributed by atoms with Crippen molar-refractivity contribution in [2.24, 2.45) is 0 Å². The Morgan fingerprint density at radius 2 is 2.67 bits per heavy atom. The zero-order valence-corrected chi connectivity index (χ0v) is 4.96. The zero-order valence-electron chi connectivity index (χ0n) is 4.96. The third-order valence-corrected chi connectivity index (χ3v) is 1.11. The summed E-state index contributed by atoms with van der Waals surface area (Å²) < 4.78 is 4.80.